The van der Waals surface area contributed by atoms with Gasteiger partial charge in [0.1, 0.15) is 0 Å². The van der Waals surface area contributed by atoms with Crippen LogP contribution in [0.4, 0.5) is 0 Å². The summed E-state index contributed by atoms with van der Waals surface area (Å²) < 4.78 is 2.95. The zero-order valence-corrected chi connectivity index (χ0v) is 18.3. The third kappa shape index (κ3) is 17.1. The Morgan fingerprint density at radius 1 is 0.667 bits per heavy atom. The predicted molar refractivity (Wildman–Crippen MR) is 114 cm³/mol. The molecule has 138 valence electrons. The van der Waals surface area contributed by atoms with Gasteiger partial charge in [-0.1, -0.05) is 120 Å². The summed E-state index contributed by atoms with van der Waals surface area (Å²) >= 11 is 0.155. The molecule has 0 aliphatic rings. The maximum Gasteiger partial charge on any atom is 0.370 e. The first-order valence-electron chi connectivity index (χ1n) is 9.97. The minimum atomic E-state index is 0. The van der Waals surface area contributed by atoms with Gasteiger partial charge in [-0.2, -0.15) is 0 Å². The second kappa shape index (κ2) is 21.3. The van der Waals surface area contributed by atoms with Gasteiger partial charge in [0.25, 0.3) is 0 Å². The van der Waals surface area contributed by atoms with E-state index in [2.05, 4.69) is 37.3 Å². The smallest absolute Gasteiger partial charge is 0.344 e. The van der Waals surface area contributed by atoms with Crippen molar-refractivity contribution in [2.45, 2.75) is 93.1 Å². The number of hydrogen-bond donors (Lipinski definition) is 1. The fourth-order valence-electron chi connectivity index (χ4n) is 3.17. The summed E-state index contributed by atoms with van der Waals surface area (Å²) in [6.45, 7) is 2.30. The molecule has 1 nitrogen and oxygen atoms in total. The second-order valence-electron chi connectivity index (χ2n) is 6.83. The molecule has 0 heterocycles. The lowest BCUT2D eigenvalue weighted by Crippen LogP contribution is -1.96. The minimum absolute atomic E-state index is 0. The molecule has 24 heavy (non-hydrogen) atoms. The highest BCUT2D eigenvalue weighted by Gasteiger charge is 1.98. The van der Waals surface area contributed by atoms with E-state index in [4.69, 9.17) is 0 Å². The Morgan fingerprint density at radius 3 is 1.62 bits per heavy atom. The zero-order chi connectivity index (χ0) is 15.7. The first-order valence-corrected chi connectivity index (χ1v) is 12.0. The van der Waals surface area contributed by atoms with Crippen molar-refractivity contribution < 1.29 is 0 Å². The van der Waals surface area contributed by atoms with Gasteiger partial charge in [0.05, 0.1) is 0 Å². The monoisotopic (exact) mass is 365 g/mol. The van der Waals surface area contributed by atoms with E-state index >= 15 is 0 Å². The summed E-state index contributed by atoms with van der Waals surface area (Å²) in [4.78, 5) is 0. The van der Waals surface area contributed by atoms with Crippen molar-refractivity contribution in [3.05, 3.63) is 35.9 Å². The van der Waals surface area contributed by atoms with Crippen molar-refractivity contribution in [1.82, 2.24) is 6.15 Å². The van der Waals surface area contributed by atoms with E-state index in [1.54, 1.807) is 10.1 Å². The van der Waals surface area contributed by atoms with Crippen LogP contribution in [-0.4, -0.2) is 20.4 Å². The van der Waals surface area contributed by atoms with Gasteiger partial charge in [0.2, 0.25) is 0 Å². The molecule has 1 rings (SSSR count). The van der Waals surface area contributed by atoms with E-state index in [9.17, 15) is 0 Å². The van der Waals surface area contributed by atoms with E-state index in [1.807, 2.05) is 0 Å². The molecule has 0 fully saturated rings. The fraction of sp³-hybridized carbons (Fsp3) is 0.714. The van der Waals surface area contributed by atoms with Gasteiger partial charge >= 0.3 is 20.4 Å². The van der Waals surface area contributed by atoms with E-state index < -0.39 is 0 Å². The van der Waals surface area contributed by atoms with Crippen LogP contribution >= 0.6 is 12.4 Å². The molecule has 0 atom stereocenters. The van der Waals surface area contributed by atoms with Crippen molar-refractivity contribution in [2.75, 3.05) is 0 Å². The van der Waals surface area contributed by atoms with Gasteiger partial charge < -0.3 is 6.15 Å². The summed E-state index contributed by atoms with van der Waals surface area (Å²) in [5.74, 6) is 0. The lowest BCUT2D eigenvalue weighted by Gasteiger charge is -2.03. The average molecular weight is 366 g/mol. The van der Waals surface area contributed by atoms with Gasteiger partial charge in [-0.25, -0.2) is 0 Å². The standard InChI is InChI=1S/C14H29.C7H7.ClH.Mg.H3N/c1-3-5-7-9-11-13-14-12-10-8-6-4-2;1-7-5-3-2-4-6-7;;;/h1,3-14H2,2H3;2-6H,1H2;1H;;1H3. The average Bonchev–Trinajstić information content (AvgIpc) is 2.56. The highest BCUT2D eigenvalue weighted by Crippen LogP contribution is 2.12. The number of hydrogen-bond acceptors (Lipinski definition) is 1. The lowest BCUT2D eigenvalue weighted by molar-refractivity contribution is 0.547. The topological polar surface area (TPSA) is 35.0 Å². The summed E-state index contributed by atoms with van der Waals surface area (Å²) in [6, 6.07) is 11.0. The summed E-state index contributed by atoms with van der Waals surface area (Å²) in [5.41, 5.74) is 1.56. The quantitative estimate of drug-likeness (QED) is 0.252. The van der Waals surface area contributed by atoms with Gasteiger partial charge in [-0.05, 0) is 0 Å². The molecule has 0 unspecified atom stereocenters. The van der Waals surface area contributed by atoms with Gasteiger partial charge in [0.15, 0.2) is 0 Å². The molecule has 3 N–H and O–H groups in total. The highest BCUT2D eigenvalue weighted by molar-refractivity contribution is 6.34. The molecule has 0 spiro atoms. The Morgan fingerprint density at radius 2 is 1.12 bits per heavy atom. The molecule has 0 bridgehead atoms. The van der Waals surface area contributed by atoms with E-state index in [0.29, 0.717) is 0 Å². The van der Waals surface area contributed by atoms with Crippen molar-refractivity contribution in [2.24, 2.45) is 0 Å². The van der Waals surface area contributed by atoms with Crippen molar-refractivity contribution in [3.63, 3.8) is 0 Å². The summed E-state index contributed by atoms with van der Waals surface area (Å²) in [5, 5.41) is 0. The number of rotatable bonds is 15. The molecule has 0 radical (unpaired) electrons. The SMILES string of the molecule is CCCCCCCCCCCCC[CH2][Mg][CH2]c1ccccc1.Cl.N. The molecule has 0 aliphatic heterocycles. The largest absolute Gasteiger partial charge is 0.370 e. The van der Waals surface area contributed by atoms with Gasteiger partial charge in [0, 0.05) is 0 Å². The molecule has 1 aromatic carbocycles. The van der Waals surface area contributed by atoms with Crippen LogP contribution in [0.1, 0.15) is 89.5 Å². The molecular formula is C21H40ClMgN. The predicted octanol–water partition coefficient (Wildman–Crippen LogP) is 7.59. The van der Waals surface area contributed by atoms with Crippen LogP contribution in [0.25, 0.3) is 0 Å². The number of unbranched alkanes of at least 4 members (excludes halogenated alkanes) is 11. The zero-order valence-electron chi connectivity index (χ0n) is 16.1. The fourth-order valence-corrected chi connectivity index (χ4v) is 4.87. The van der Waals surface area contributed by atoms with E-state index in [1.165, 1.54) is 81.6 Å². The van der Waals surface area contributed by atoms with Gasteiger partial charge in [-0.3, -0.25) is 0 Å². The van der Waals surface area contributed by atoms with Crippen LogP contribution in [-0.2, 0) is 4.55 Å². The molecule has 1 aromatic rings. The van der Waals surface area contributed by atoms with Crippen molar-refractivity contribution >= 4 is 32.8 Å². The molecule has 3 heteroatoms. The first-order chi connectivity index (χ1) is 10.9. The van der Waals surface area contributed by atoms with Crippen LogP contribution in [0.15, 0.2) is 30.3 Å². The minimum Gasteiger partial charge on any atom is -0.344 e. The Balaban J connectivity index is 0. The van der Waals surface area contributed by atoms with Crippen LogP contribution in [0.5, 0.6) is 0 Å². The van der Waals surface area contributed by atoms with Crippen molar-refractivity contribution in [3.8, 4) is 0 Å². The molecule has 0 amide bonds. The number of halogens is 1. The molecule has 0 aliphatic carbocycles. The van der Waals surface area contributed by atoms with Gasteiger partial charge in [-0.15, -0.1) is 21.5 Å². The van der Waals surface area contributed by atoms with E-state index in [0.717, 1.165) is 0 Å². The maximum atomic E-state index is 2.30. The van der Waals surface area contributed by atoms with Crippen LogP contribution < -0.4 is 6.15 Å². The maximum absolute atomic E-state index is 2.30. The third-order valence-corrected chi connectivity index (χ3v) is 6.59. The second-order valence-corrected chi connectivity index (χ2v) is 8.75. The highest BCUT2D eigenvalue weighted by atomic mass is 35.5. The summed E-state index contributed by atoms with van der Waals surface area (Å²) in [6.07, 6.45) is 17.6. The van der Waals surface area contributed by atoms with Crippen LogP contribution in [0.3, 0.4) is 0 Å². The first kappa shape index (κ1) is 26.5. The Bertz CT molecular complexity index is 332. The third-order valence-electron chi connectivity index (χ3n) is 4.66. The summed E-state index contributed by atoms with van der Waals surface area (Å²) in [7, 11) is 0. The molecule has 0 saturated carbocycles. The Hall–Kier alpha value is 0.236. The molecular weight excluding hydrogens is 326 g/mol. The van der Waals surface area contributed by atoms with Crippen molar-refractivity contribution in [1.29, 1.82) is 0 Å². The van der Waals surface area contributed by atoms with E-state index in [-0.39, 0.29) is 38.9 Å². The lowest BCUT2D eigenvalue weighted by atomic mass is 10.1. The molecule has 0 aromatic heterocycles. The Labute approximate surface area is 167 Å². The Kier molecular flexibility index (Phi) is 23.5. The van der Waals surface area contributed by atoms with Crippen LogP contribution in [0.2, 0.25) is 4.55 Å². The van der Waals surface area contributed by atoms with Crippen LogP contribution in [0, 0.1) is 0 Å². The number of benzene rings is 1. The normalized spacial score (nSPS) is 9.71. The molecule has 0 saturated heterocycles.